The molecule has 0 atom stereocenters. The van der Waals surface area contributed by atoms with Gasteiger partial charge in [0.2, 0.25) is 5.75 Å². The number of esters is 1. The van der Waals surface area contributed by atoms with E-state index in [1.165, 1.54) is 12.1 Å². The first kappa shape index (κ1) is 25.6. The summed E-state index contributed by atoms with van der Waals surface area (Å²) in [5.74, 6) is -0.590. The molecule has 0 aliphatic carbocycles. The molecule has 0 saturated heterocycles. The van der Waals surface area contributed by atoms with Crippen molar-refractivity contribution in [3.63, 3.8) is 0 Å². The molecule has 1 heterocycles. The summed E-state index contributed by atoms with van der Waals surface area (Å²) in [6.45, 7) is 11.8. The van der Waals surface area contributed by atoms with Crippen LogP contribution in [0.3, 0.4) is 0 Å². The van der Waals surface area contributed by atoms with Crippen molar-refractivity contribution in [1.82, 2.24) is 15.8 Å². The van der Waals surface area contributed by atoms with Crippen LogP contribution >= 0.6 is 0 Å². The van der Waals surface area contributed by atoms with Gasteiger partial charge in [-0.3, -0.25) is 20.4 Å². The number of carbonyl (C=O) groups excluding carboxylic acids is 3. The molecule has 2 rings (SSSR count). The molecule has 1 aromatic heterocycles. The Balaban J connectivity index is 2.23. The number of carbonyl (C=O) groups is 3. The molecule has 2 amide bonds. The van der Waals surface area contributed by atoms with Crippen molar-refractivity contribution in [3.05, 3.63) is 40.2 Å². The molecule has 0 bridgehead atoms. The topological polar surface area (TPSA) is 128 Å². The molecule has 0 aliphatic rings. The fourth-order valence-corrected chi connectivity index (χ4v) is 3.25. The number of aryl methyl sites for hydroxylation is 1. The minimum Gasteiger partial charge on any atom is -0.490 e. The Bertz CT molecular complexity index is 987. The van der Waals surface area contributed by atoms with Crippen molar-refractivity contribution in [3.8, 4) is 17.2 Å². The number of aromatic nitrogens is 1. The van der Waals surface area contributed by atoms with E-state index in [4.69, 9.17) is 18.9 Å². The van der Waals surface area contributed by atoms with E-state index >= 15 is 0 Å². The molecule has 2 aromatic rings. The molecule has 0 fully saturated rings. The Kier molecular flexibility index (Phi) is 9.14. The van der Waals surface area contributed by atoms with Crippen LogP contribution in [0.15, 0.2) is 12.1 Å². The highest BCUT2D eigenvalue weighted by Gasteiger charge is 2.24. The summed E-state index contributed by atoms with van der Waals surface area (Å²) in [4.78, 5) is 40.4. The van der Waals surface area contributed by atoms with E-state index in [1.807, 2.05) is 20.8 Å². The molecule has 0 aliphatic heterocycles. The third-order valence-corrected chi connectivity index (χ3v) is 4.61. The van der Waals surface area contributed by atoms with Crippen LogP contribution in [0.25, 0.3) is 0 Å². The average molecular weight is 462 g/mol. The van der Waals surface area contributed by atoms with Gasteiger partial charge in [-0.25, -0.2) is 4.79 Å². The minimum absolute atomic E-state index is 0.146. The number of nitrogens with one attached hydrogen (secondary N) is 3. The number of aromatic amines is 1. The van der Waals surface area contributed by atoms with Crippen molar-refractivity contribution in [1.29, 1.82) is 0 Å². The Hall–Kier alpha value is -3.69. The standard InChI is InChI=1S/C23H31N3O7/c1-7-30-16-11-15(12-17(31-8-2)20(16)32-9-3)21(27)25-26-22(28)19-13(5)18(14(6)24-19)23(29)33-10-4/h11-12,24H,7-10H2,1-6H3,(H,25,27)(H,26,28). The summed E-state index contributed by atoms with van der Waals surface area (Å²) >= 11 is 0. The van der Waals surface area contributed by atoms with Crippen LogP contribution in [0.2, 0.25) is 0 Å². The summed E-state index contributed by atoms with van der Waals surface area (Å²) in [6.07, 6.45) is 0. The van der Waals surface area contributed by atoms with Crippen LogP contribution in [-0.2, 0) is 4.74 Å². The van der Waals surface area contributed by atoms with Gasteiger partial charge in [0.05, 0.1) is 32.0 Å². The molecule has 1 aromatic carbocycles. The fourth-order valence-electron chi connectivity index (χ4n) is 3.25. The van der Waals surface area contributed by atoms with Crippen molar-refractivity contribution < 1.29 is 33.3 Å². The number of hydrogen-bond acceptors (Lipinski definition) is 7. The van der Waals surface area contributed by atoms with Gasteiger partial charge in [0, 0.05) is 11.3 Å². The summed E-state index contributed by atoms with van der Waals surface area (Å²) < 4.78 is 21.9. The highest BCUT2D eigenvalue weighted by Crippen LogP contribution is 2.39. The highest BCUT2D eigenvalue weighted by atomic mass is 16.5. The number of amides is 2. The lowest BCUT2D eigenvalue weighted by atomic mass is 10.1. The van der Waals surface area contributed by atoms with Gasteiger partial charge in [-0.2, -0.15) is 0 Å². The quantitative estimate of drug-likeness (QED) is 0.366. The van der Waals surface area contributed by atoms with Crippen molar-refractivity contribution in [2.75, 3.05) is 26.4 Å². The monoisotopic (exact) mass is 461 g/mol. The fraction of sp³-hybridized carbons (Fsp3) is 0.435. The Morgan fingerprint density at radius 1 is 0.818 bits per heavy atom. The molecule has 10 heteroatoms. The van der Waals surface area contributed by atoms with Gasteiger partial charge in [0.15, 0.2) is 11.5 Å². The summed E-state index contributed by atoms with van der Waals surface area (Å²) in [5, 5.41) is 0. The van der Waals surface area contributed by atoms with E-state index < -0.39 is 17.8 Å². The number of hydrogen-bond donors (Lipinski definition) is 3. The summed E-state index contributed by atoms with van der Waals surface area (Å²) in [6, 6.07) is 3.03. The molecule has 3 N–H and O–H groups in total. The normalized spacial score (nSPS) is 10.4. The van der Waals surface area contributed by atoms with E-state index in [0.29, 0.717) is 53.9 Å². The van der Waals surface area contributed by atoms with Gasteiger partial charge < -0.3 is 23.9 Å². The zero-order valence-corrected chi connectivity index (χ0v) is 19.8. The van der Waals surface area contributed by atoms with Crippen molar-refractivity contribution in [2.45, 2.75) is 41.5 Å². The van der Waals surface area contributed by atoms with Crippen LogP contribution < -0.4 is 25.1 Å². The third kappa shape index (κ3) is 5.97. The molecule has 0 spiro atoms. The molecule has 33 heavy (non-hydrogen) atoms. The molecule has 0 unspecified atom stereocenters. The Morgan fingerprint density at radius 3 is 1.88 bits per heavy atom. The second kappa shape index (κ2) is 11.8. The SMILES string of the molecule is CCOC(=O)c1c(C)[nH]c(C(=O)NNC(=O)c2cc(OCC)c(OCC)c(OCC)c2)c1C. The number of rotatable bonds is 10. The van der Waals surface area contributed by atoms with Gasteiger partial charge in [-0.15, -0.1) is 0 Å². The molecule has 180 valence electrons. The highest BCUT2D eigenvalue weighted by molar-refractivity contribution is 6.02. The van der Waals surface area contributed by atoms with Gasteiger partial charge in [-0.1, -0.05) is 0 Å². The van der Waals surface area contributed by atoms with Gasteiger partial charge in [-0.05, 0) is 59.2 Å². The molecular formula is C23H31N3O7. The number of hydrazine groups is 1. The van der Waals surface area contributed by atoms with Crippen LogP contribution in [0.5, 0.6) is 17.2 Å². The first-order valence-electron chi connectivity index (χ1n) is 10.8. The van der Waals surface area contributed by atoms with Gasteiger partial charge in [0.1, 0.15) is 5.69 Å². The van der Waals surface area contributed by atoms with E-state index in [0.717, 1.165) is 0 Å². The van der Waals surface area contributed by atoms with E-state index in [-0.39, 0.29) is 17.9 Å². The Labute approximate surface area is 192 Å². The maximum absolute atomic E-state index is 12.8. The summed E-state index contributed by atoms with van der Waals surface area (Å²) in [5.41, 5.74) is 6.30. The Morgan fingerprint density at radius 2 is 1.36 bits per heavy atom. The first-order valence-corrected chi connectivity index (χ1v) is 10.8. The number of H-pyrrole nitrogens is 1. The summed E-state index contributed by atoms with van der Waals surface area (Å²) in [7, 11) is 0. The predicted octanol–water partition coefficient (Wildman–Crippen LogP) is 3.08. The van der Waals surface area contributed by atoms with E-state index in [9.17, 15) is 14.4 Å². The van der Waals surface area contributed by atoms with Crippen LogP contribution in [-0.4, -0.2) is 49.2 Å². The second-order valence-electron chi connectivity index (χ2n) is 6.85. The molecule has 0 radical (unpaired) electrons. The zero-order valence-electron chi connectivity index (χ0n) is 19.8. The van der Waals surface area contributed by atoms with Crippen molar-refractivity contribution in [2.24, 2.45) is 0 Å². The van der Waals surface area contributed by atoms with Gasteiger partial charge in [0.25, 0.3) is 11.8 Å². The lowest BCUT2D eigenvalue weighted by Crippen LogP contribution is -2.42. The van der Waals surface area contributed by atoms with E-state index in [2.05, 4.69) is 15.8 Å². The minimum atomic E-state index is -0.611. The average Bonchev–Trinajstić information content (AvgIpc) is 3.08. The third-order valence-electron chi connectivity index (χ3n) is 4.61. The lowest BCUT2D eigenvalue weighted by Gasteiger charge is -2.17. The molecule has 0 saturated carbocycles. The smallest absolute Gasteiger partial charge is 0.340 e. The molecule has 10 nitrogen and oxygen atoms in total. The van der Waals surface area contributed by atoms with Crippen molar-refractivity contribution >= 4 is 17.8 Å². The largest absolute Gasteiger partial charge is 0.490 e. The maximum Gasteiger partial charge on any atom is 0.340 e. The lowest BCUT2D eigenvalue weighted by molar-refractivity contribution is 0.0524. The first-order chi connectivity index (χ1) is 15.8. The van der Waals surface area contributed by atoms with Crippen LogP contribution in [0, 0.1) is 13.8 Å². The van der Waals surface area contributed by atoms with E-state index in [1.54, 1.807) is 20.8 Å². The van der Waals surface area contributed by atoms with Crippen LogP contribution in [0.1, 0.15) is 70.2 Å². The van der Waals surface area contributed by atoms with Gasteiger partial charge >= 0.3 is 5.97 Å². The number of ether oxygens (including phenoxy) is 4. The molecular weight excluding hydrogens is 430 g/mol. The van der Waals surface area contributed by atoms with Crippen LogP contribution in [0.4, 0.5) is 0 Å². The maximum atomic E-state index is 12.8. The second-order valence-corrected chi connectivity index (χ2v) is 6.85. The zero-order chi connectivity index (χ0) is 24.5. The predicted molar refractivity (Wildman–Crippen MR) is 121 cm³/mol. The number of benzene rings is 1.